The van der Waals surface area contributed by atoms with Crippen LogP contribution in [0, 0.1) is 0 Å². The maximum absolute atomic E-state index is 11.0. The fraction of sp³-hybridized carbons (Fsp3) is 0.379. The van der Waals surface area contributed by atoms with Gasteiger partial charge in [0.15, 0.2) is 0 Å². The fourth-order valence-corrected chi connectivity index (χ4v) is 4.47. The molecule has 0 bridgehead atoms. The molecule has 0 heterocycles. The number of rotatable bonds is 14. The predicted molar refractivity (Wildman–Crippen MR) is 146 cm³/mol. The van der Waals surface area contributed by atoms with Crippen LogP contribution >= 0.6 is 23.2 Å². The van der Waals surface area contributed by atoms with Crippen LogP contribution in [0.2, 0.25) is 10.0 Å². The van der Waals surface area contributed by atoms with Crippen molar-refractivity contribution >= 4 is 23.2 Å². The summed E-state index contributed by atoms with van der Waals surface area (Å²) in [6.45, 7) is 6.50. The third-order valence-corrected chi connectivity index (χ3v) is 6.53. The number of aliphatic hydroxyl groups excluding tert-OH is 2. The minimum atomic E-state index is -0.751. The summed E-state index contributed by atoms with van der Waals surface area (Å²) in [5, 5.41) is 23.1. The summed E-state index contributed by atoms with van der Waals surface area (Å²) in [5.41, 5.74) is 2.62. The average molecular weight is 533 g/mol. The molecule has 3 atom stereocenters. The summed E-state index contributed by atoms with van der Waals surface area (Å²) < 4.78 is 11.0. The minimum Gasteiger partial charge on any atom is -0.491 e. The van der Waals surface area contributed by atoms with E-state index in [2.05, 4.69) is 11.8 Å². The Kier molecular flexibility index (Phi) is 11.5. The van der Waals surface area contributed by atoms with Crippen LogP contribution in [0.1, 0.15) is 42.7 Å². The van der Waals surface area contributed by atoms with E-state index in [0.717, 1.165) is 28.9 Å². The van der Waals surface area contributed by atoms with Gasteiger partial charge in [0.25, 0.3) is 0 Å². The molecule has 0 saturated carbocycles. The third-order valence-electron chi connectivity index (χ3n) is 6.06. The second-order valence-corrected chi connectivity index (χ2v) is 9.71. The molecule has 0 fully saturated rings. The smallest absolute Gasteiger partial charge is 0.119 e. The third kappa shape index (κ3) is 9.07. The van der Waals surface area contributed by atoms with E-state index in [9.17, 15) is 10.2 Å². The molecule has 0 saturated heterocycles. The molecule has 0 aliphatic rings. The van der Waals surface area contributed by atoms with E-state index in [1.54, 1.807) is 24.3 Å². The summed E-state index contributed by atoms with van der Waals surface area (Å²) >= 11 is 12.3. The molecule has 7 heteroatoms. The molecule has 0 aliphatic carbocycles. The van der Waals surface area contributed by atoms with Crippen LogP contribution in [0.5, 0.6) is 5.75 Å². The van der Waals surface area contributed by atoms with Crippen molar-refractivity contribution in [3.63, 3.8) is 0 Å². The summed E-state index contributed by atoms with van der Waals surface area (Å²) in [6, 6.07) is 22.5. The first-order valence-corrected chi connectivity index (χ1v) is 13.0. The SMILES string of the molecule is CCOCCOc1ccc(C[C@H](C)N(CC(O)c2cccc(Cl)c2)CC(O)c2cccc(Cl)c2)cc1. The highest BCUT2D eigenvalue weighted by molar-refractivity contribution is 6.30. The van der Waals surface area contributed by atoms with Crippen LogP contribution in [-0.2, 0) is 11.2 Å². The second kappa shape index (κ2) is 14.6. The Labute approximate surface area is 224 Å². The molecule has 3 aromatic rings. The monoisotopic (exact) mass is 531 g/mol. The lowest BCUT2D eigenvalue weighted by Gasteiger charge is -2.33. The van der Waals surface area contributed by atoms with Crippen molar-refractivity contribution in [3.8, 4) is 5.75 Å². The van der Waals surface area contributed by atoms with Crippen molar-refractivity contribution in [2.45, 2.75) is 38.5 Å². The van der Waals surface area contributed by atoms with E-state index in [4.69, 9.17) is 32.7 Å². The molecule has 194 valence electrons. The Morgan fingerprint density at radius 2 is 1.36 bits per heavy atom. The molecule has 0 aromatic heterocycles. The zero-order valence-electron chi connectivity index (χ0n) is 20.8. The van der Waals surface area contributed by atoms with E-state index >= 15 is 0 Å². The fourth-order valence-electron chi connectivity index (χ4n) is 4.07. The number of ether oxygens (including phenoxy) is 2. The topological polar surface area (TPSA) is 62.2 Å². The van der Waals surface area contributed by atoms with Gasteiger partial charge in [-0.2, -0.15) is 0 Å². The molecule has 0 spiro atoms. The van der Waals surface area contributed by atoms with Crippen LogP contribution < -0.4 is 4.74 Å². The lowest BCUT2D eigenvalue weighted by Crippen LogP contribution is -2.40. The number of hydrogen-bond acceptors (Lipinski definition) is 5. The van der Waals surface area contributed by atoms with E-state index in [-0.39, 0.29) is 6.04 Å². The predicted octanol–water partition coefficient (Wildman–Crippen LogP) is 6.11. The standard InChI is InChI=1S/C29H35Cl2NO4/c1-3-35-14-15-36-27-12-10-22(11-13-27)16-21(2)32(19-28(33)23-6-4-8-25(30)17-23)20-29(34)24-7-5-9-26(31)18-24/h4-13,17-18,21,28-29,33-34H,3,14-16,19-20H2,1-2H3/t21-,28?,29?/m0/s1. The van der Waals surface area contributed by atoms with Crippen LogP contribution in [0.4, 0.5) is 0 Å². The van der Waals surface area contributed by atoms with Crippen LogP contribution in [-0.4, -0.2) is 54.1 Å². The number of hydrogen-bond donors (Lipinski definition) is 2. The lowest BCUT2D eigenvalue weighted by atomic mass is 10.0. The molecule has 5 nitrogen and oxygen atoms in total. The highest BCUT2D eigenvalue weighted by Gasteiger charge is 2.23. The van der Waals surface area contributed by atoms with Crippen molar-refractivity contribution in [2.24, 2.45) is 0 Å². The first-order valence-electron chi connectivity index (χ1n) is 12.3. The van der Waals surface area contributed by atoms with Crippen molar-refractivity contribution in [3.05, 3.63) is 99.5 Å². The van der Waals surface area contributed by atoms with Gasteiger partial charge < -0.3 is 19.7 Å². The van der Waals surface area contributed by atoms with Gasteiger partial charge >= 0.3 is 0 Å². The maximum Gasteiger partial charge on any atom is 0.119 e. The zero-order chi connectivity index (χ0) is 25.9. The van der Waals surface area contributed by atoms with E-state index in [1.165, 1.54) is 0 Å². The maximum atomic E-state index is 11.0. The van der Waals surface area contributed by atoms with Gasteiger partial charge in [-0.1, -0.05) is 59.6 Å². The Hall–Kier alpha value is -2.12. The number of halogens is 2. The van der Waals surface area contributed by atoms with Gasteiger partial charge in [-0.05, 0) is 73.4 Å². The second-order valence-electron chi connectivity index (χ2n) is 8.84. The molecular weight excluding hydrogens is 497 g/mol. The van der Waals surface area contributed by atoms with Crippen molar-refractivity contribution in [2.75, 3.05) is 32.9 Å². The van der Waals surface area contributed by atoms with E-state index in [1.807, 2.05) is 55.5 Å². The Bertz CT molecular complexity index is 1010. The van der Waals surface area contributed by atoms with Crippen molar-refractivity contribution in [1.82, 2.24) is 4.90 Å². The van der Waals surface area contributed by atoms with Gasteiger partial charge in [0, 0.05) is 35.8 Å². The normalized spacial score (nSPS) is 14.0. The molecule has 0 amide bonds. The van der Waals surface area contributed by atoms with Gasteiger partial charge in [-0.3, -0.25) is 4.90 Å². The van der Waals surface area contributed by atoms with Crippen molar-refractivity contribution < 1.29 is 19.7 Å². The Balaban J connectivity index is 1.70. The van der Waals surface area contributed by atoms with Gasteiger partial charge in [-0.25, -0.2) is 0 Å². The van der Waals surface area contributed by atoms with Crippen LogP contribution in [0.25, 0.3) is 0 Å². The lowest BCUT2D eigenvalue weighted by molar-refractivity contribution is 0.0480. The molecule has 2 unspecified atom stereocenters. The first-order chi connectivity index (χ1) is 17.4. The Morgan fingerprint density at radius 1 is 0.806 bits per heavy atom. The zero-order valence-corrected chi connectivity index (χ0v) is 22.3. The highest BCUT2D eigenvalue weighted by Crippen LogP contribution is 2.24. The molecule has 36 heavy (non-hydrogen) atoms. The van der Waals surface area contributed by atoms with E-state index < -0.39 is 12.2 Å². The highest BCUT2D eigenvalue weighted by atomic mass is 35.5. The summed E-state index contributed by atoms with van der Waals surface area (Å²) in [6.07, 6.45) is -0.762. The number of aliphatic hydroxyl groups is 2. The van der Waals surface area contributed by atoms with Crippen LogP contribution in [0.15, 0.2) is 72.8 Å². The van der Waals surface area contributed by atoms with E-state index in [0.29, 0.717) is 43.0 Å². The molecular formula is C29H35Cl2NO4. The molecule has 0 radical (unpaired) electrons. The average Bonchev–Trinajstić information content (AvgIpc) is 2.87. The first kappa shape index (κ1) is 28.5. The Morgan fingerprint density at radius 3 is 1.86 bits per heavy atom. The minimum absolute atomic E-state index is 0.0393. The summed E-state index contributed by atoms with van der Waals surface area (Å²) in [4.78, 5) is 2.10. The van der Waals surface area contributed by atoms with Gasteiger partial charge in [0.2, 0.25) is 0 Å². The summed E-state index contributed by atoms with van der Waals surface area (Å²) in [7, 11) is 0. The number of benzene rings is 3. The molecule has 3 rings (SSSR count). The largest absolute Gasteiger partial charge is 0.491 e. The molecule has 3 aromatic carbocycles. The summed E-state index contributed by atoms with van der Waals surface area (Å²) in [5.74, 6) is 0.802. The van der Waals surface area contributed by atoms with Crippen molar-refractivity contribution in [1.29, 1.82) is 0 Å². The molecule has 0 aliphatic heterocycles. The number of nitrogens with zero attached hydrogens (tertiary/aromatic N) is 1. The van der Waals surface area contributed by atoms with Gasteiger partial charge in [-0.15, -0.1) is 0 Å². The van der Waals surface area contributed by atoms with Crippen LogP contribution in [0.3, 0.4) is 0 Å². The quantitative estimate of drug-likeness (QED) is 0.246. The van der Waals surface area contributed by atoms with Gasteiger partial charge in [0.1, 0.15) is 12.4 Å². The van der Waals surface area contributed by atoms with Gasteiger partial charge in [0.05, 0.1) is 18.8 Å². The molecule has 2 N–H and O–H groups in total.